The first-order valence-electron chi connectivity index (χ1n) is 8.33. The second kappa shape index (κ2) is 6.99. The summed E-state index contributed by atoms with van der Waals surface area (Å²) in [4.78, 5) is 18.8. The van der Waals surface area contributed by atoms with Gasteiger partial charge in [0.15, 0.2) is 16.4 Å². The van der Waals surface area contributed by atoms with E-state index in [1.54, 1.807) is 6.07 Å². The van der Waals surface area contributed by atoms with Crippen LogP contribution in [0.15, 0.2) is 23.1 Å². The molecular formula is C16H22N4O4S. The third-order valence-electron chi connectivity index (χ3n) is 4.59. The van der Waals surface area contributed by atoms with Crippen LogP contribution in [0.25, 0.3) is 11.0 Å². The van der Waals surface area contributed by atoms with E-state index in [0.29, 0.717) is 17.0 Å². The maximum atomic E-state index is 12.1. The lowest BCUT2D eigenvalue weighted by Crippen LogP contribution is -2.43. The topological polar surface area (TPSA) is 103 Å². The van der Waals surface area contributed by atoms with Crippen LogP contribution >= 0.6 is 0 Å². The van der Waals surface area contributed by atoms with Crippen molar-refractivity contribution in [3.63, 3.8) is 0 Å². The molecule has 1 aliphatic carbocycles. The zero-order chi connectivity index (χ0) is 18.0. The van der Waals surface area contributed by atoms with E-state index in [1.807, 2.05) is 0 Å². The summed E-state index contributed by atoms with van der Waals surface area (Å²) in [6, 6.07) is 4.64. The van der Waals surface area contributed by atoms with Crippen molar-refractivity contribution in [3.05, 3.63) is 18.2 Å². The highest BCUT2D eigenvalue weighted by atomic mass is 32.2. The SMILES string of the molecule is C[C@H]1CCCC[C@H]1NC(=O)COn1nnc2ccc(S(C)(=O)=O)cc21. The van der Waals surface area contributed by atoms with E-state index >= 15 is 0 Å². The third kappa shape index (κ3) is 4.09. The van der Waals surface area contributed by atoms with Crippen LogP contribution in [0.4, 0.5) is 0 Å². The molecule has 1 amide bonds. The number of fused-ring (bicyclic) bond motifs is 1. The molecule has 0 aliphatic heterocycles. The molecule has 1 aromatic carbocycles. The van der Waals surface area contributed by atoms with Gasteiger partial charge in [0.1, 0.15) is 11.0 Å². The third-order valence-corrected chi connectivity index (χ3v) is 5.70. The normalized spacial score (nSPS) is 21.2. The molecule has 8 nitrogen and oxygen atoms in total. The van der Waals surface area contributed by atoms with E-state index in [4.69, 9.17) is 4.84 Å². The Kier molecular flexibility index (Phi) is 4.94. The number of nitrogens with zero attached hydrogens (tertiary/aromatic N) is 3. The Hall–Kier alpha value is -2.16. The number of amides is 1. The number of nitrogens with one attached hydrogen (secondary N) is 1. The Balaban J connectivity index is 1.67. The molecule has 2 aromatic rings. The van der Waals surface area contributed by atoms with Gasteiger partial charge in [0.25, 0.3) is 5.91 Å². The first-order chi connectivity index (χ1) is 11.8. The molecule has 3 rings (SSSR count). The summed E-state index contributed by atoms with van der Waals surface area (Å²) in [7, 11) is -3.35. The molecule has 1 N–H and O–H groups in total. The van der Waals surface area contributed by atoms with Crippen molar-refractivity contribution in [2.75, 3.05) is 12.9 Å². The first kappa shape index (κ1) is 17.7. The Morgan fingerprint density at radius 1 is 1.36 bits per heavy atom. The maximum Gasteiger partial charge on any atom is 0.261 e. The van der Waals surface area contributed by atoms with Gasteiger partial charge in [-0.05, 0) is 42.2 Å². The van der Waals surface area contributed by atoms with Crippen LogP contribution in [0.5, 0.6) is 0 Å². The highest BCUT2D eigenvalue weighted by molar-refractivity contribution is 7.90. The van der Waals surface area contributed by atoms with Gasteiger partial charge in [0, 0.05) is 12.3 Å². The van der Waals surface area contributed by atoms with Gasteiger partial charge in [0.05, 0.1) is 4.90 Å². The molecule has 2 atom stereocenters. The summed E-state index contributed by atoms with van der Waals surface area (Å²) >= 11 is 0. The minimum absolute atomic E-state index is 0.146. The van der Waals surface area contributed by atoms with Crippen LogP contribution in [-0.2, 0) is 14.6 Å². The molecule has 1 heterocycles. The van der Waals surface area contributed by atoms with Crippen LogP contribution in [0, 0.1) is 5.92 Å². The molecule has 9 heteroatoms. The Labute approximate surface area is 146 Å². The lowest BCUT2D eigenvalue weighted by Gasteiger charge is -2.29. The smallest absolute Gasteiger partial charge is 0.261 e. The van der Waals surface area contributed by atoms with Gasteiger partial charge in [0.2, 0.25) is 0 Å². The average molecular weight is 366 g/mol. The number of aromatic nitrogens is 3. The van der Waals surface area contributed by atoms with Gasteiger partial charge in [-0.1, -0.05) is 24.6 Å². The predicted octanol–water partition coefficient (Wildman–Crippen LogP) is 0.958. The van der Waals surface area contributed by atoms with Crippen molar-refractivity contribution < 1.29 is 18.0 Å². The number of hydrogen-bond donors (Lipinski definition) is 1. The lowest BCUT2D eigenvalue weighted by molar-refractivity contribution is -0.127. The van der Waals surface area contributed by atoms with Gasteiger partial charge in [-0.3, -0.25) is 4.79 Å². The molecule has 0 spiro atoms. The molecule has 1 saturated carbocycles. The number of carbonyl (C=O) groups excluding carboxylic acids is 1. The number of carbonyl (C=O) groups is 1. The molecule has 1 aromatic heterocycles. The fraction of sp³-hybridized carbons (Fsp3) is 0.562. The van der Waals surface area contributed by atoms with Crippen molar-refractivity contribution in [1.29, 1.82) is 0 Å². The van der Waals surface area contributed by atoms with E-state index in [1.165, 1.54) is 18.6 Å². The Morgan fingerprint density at radius 3 is 2.84 bits per heavy atom. The van der Waals surface area contributed by atoms with Gasteiger partial charge in [-0.15, -0.1) is 5.10 Å². The summed E-state index contributed by atoms with van der Waals surface area (Å²) in [5, 5.41) is 10.7. The Bertz CT molecular complexity index is 877. The monoisotopic (exact) mass is 366 g/mol. The molecule has 0 unspecified atom stereocenters. The van der Waals surface area contributed by atoms with Crippen LogP contribution < -0.4 is 10.2 Å². The van der Waals surface area contributed by atoms with Crippen LogP contribution in [0.1, 0.15) is 32.6 Å². The molecule has 0 saturated heterocycles. The van der Waals surface area contributed by atoms with E-state index < -0.39 is 9.84 Å². The molecule has 25 heavy (non-hydrogen) atoms. The molecule has 1 aliphatic rings. The number of benzene rings is 1. The van der Waals surface area contributed by atoms with Gasteiger partial charge < -0.3 is 10.2 Å². The van der Waals surface area contributed by atoms with E-state index in [-0.39, 0.29) is 23.5 Å². The lowest BCUT2D eigenvalue weighted by atomic mass is 9.86. The van der Waals surface area contributed by atoms with Crippen molar-refractivity contribution in [2.24, 2.45) is 5.92 Å². The summed E-state index contributed by atoms with van der Waals surface area (Å²) < 4.78 is 23.3. The fourth-order valence-electron chi connectivity index (χ4n) is 3.10. The highest BCUT2D eigenvalue weighted by Crippen LogP contribution is 2.23. The van der Waals surface area contributed by atoms with Gasteiger partial charge >= 0.3 is 0 Å². The van der Waals surface area contributed by atoms with Crippen molar-refractivity contribution >= 4 is 26.8 Å². The largest absolute Gasteiger partial charge is 0.385 e. The van der Waals surface area contributed by atoms with Crippen molar-refractivity contribution in [2.45, 2.75) is 43.5 Å². The van der Waals surface area contributed by atoms with E-state index in [9.17, 15) is 13.2 Å². The summed E-state index contributed by atoms with van der Waals surface area (Å²) in [5.41, 5.74) is 0.899. The van der Waals surface area contributed by atoms with Crippen LogP contribution in [0.2, 0.25) is 0 Å². The second-order valence-electron chi connectivity index (χ2n) is 6.59. The van der Waals surface area contributed by atoms with Crippen LogP contribution in [0.3, 0.4) is 0 Å². The zero-order valence-electron chi connectivity index (χ0n) is 14.3. The quantitative estimate of drug-likeness (QED) is 0.845. The molecular weight excluding hydrogens is 344 g/mol. The fourth-order valence-corrected chi connectivity index (χ4v) is 3.74. The van der Waals surface area contributed by atoms with E-state index in [0.717, 1.165) is 30.4 Å². The molecule has 1 fully saturated rings. The van der Waals surface area contributed by atoms with Gasteiger partial charge in [-0.25, -0.2) is 8.42 Å². The van der Waals surface area contributed by atoms with Gasteiger partial charge in [-0.2, -0.15) is 0 Å². The molecule has 0 bridgehead atoms. The minimum Gasteiger partial charge on any atom is -0.385 e. The summed E-state index contributed by atoms with van der Waals surface area (Å²) in [5.74, 6) is 0.240. The average Bonchev–Trinajstić information content (AvgIpc) is 2.96. The minimum atomic E-state index is -3.35. The van der Waals surface area contributed by atoms with E-state index in [2.05, 4.69) is 22.6 Å². The second-order valence-corrected chi connectivity index (χ2v) is 8.61. The first-order valence-corrected chi connectivity index (χ1v) is 10.2. The molecule has 0 radical (unpaired) electrons. The number of sulfone groups is 1. The maximum absolute atomic E-state index is 12.1. The highest BCUT2D eigenvalue weighted by Gasteiger charge is 2.23. The number of hydrogen-bond acceptors (Lipinski definition) is 6. The van der Waals surface area contributed by atoms with Crippen molar-refractivity contribution in [1.82, 2.24) is 20.5 Å². The van der Waals surface area contributed by atoms with Crippen LogP contribution in [-0.4, -0.2) is 48.4 Å². The standard InChI is InChI=1S/C16H22N4O4S/c1-11-5-3-4-6-13(11)17-16(21)10-24-20-15-9-12(25(2,22)23)7-8-14(15)18-19-20/h7-9,11,13H,3-6,10H2,1-2H3,(H,17,21)/t11-,13+/m0/s1. The number of rotatable bonds is 5. The van der Waals surface area contributed by atoms with Crippen molar-refractivity contribution in [3.8, 4) is 0 Å². The molecule has 136 valence electrons. The Morgan fingerprint density at radius 2 is 2.12 bits per heavy atom. The summed E-state index contributed by atoms with van der Waals surface area (Å²) in [6.45, 7) is 1.94. The zero-order valence-corrected chi connectivity index (χ0v) is 15.1. The summed E-state index contributed by atoms with van der Waals surface area (Å²) in [6.07, 6.45) is 5.56. The predicted molar refractivity (Wildman–Crippen MR) is 91.6 cm³/mol.